The minimum Gasteiger partial charge on any atom is -0.344 e. The number of likely N-dealkylation sites (tertiary alicyclic amines) is 1. The number of carbonyl (C=O) groups excluding carboxylic acids is 1. The van der Waals surface area contributed by atoms with Crippen LogP contribution in [0.4, 0.5) is 0 Å². The molecule has 88 valence electrons. The third kappa shape index (κ3) is 4.65. The quantitative estimate of drug-likeness (QED) is 0.691. The smallest absolute Gasteiger partial charge is 0.222 e. The lowest BCUT2D eigenvalue weighted by Crippen LogP contribution is -2.35. The molecule has 0 aromatic rings. The molecule has 0 saturated carbocycles. The summed E-state index contributed by atoms with van der Waals surface area (Å²) in [5, 5.41) is 0. The molecule has 0 aliphatic carbocycles. The van der Waals surface area contributed by atoms with Crippen LogP contribution in [0.5, 0.6) is 0 Å². The summed E-state index contributed by atoms with van der Waals surface area (Å²) >= 11 is 0. The van der Waals surface area contributed by atoms with Gasteiger partial charge in [-0.2, -0.15) is 0 Å². The second-order valence-corrected chi connectivity index (χ2v) is 4.96. The van der Waals surface area contributed by atoms with Crippen molar-refractivity contribution in [3.8, 4) is 0 Å². The average molecular weight is 212 g/mol. The first-order chi connectivity index (χ1) is 7.09. The van der Waals surface area contributed by atoms with Crippen LogP contribution in [-0.2, 0) is 4.79 Å². The van der Waals surface area contributed by atoms with E-state index in [9.17, 15) is 4.79 Å². The standard InChI is InChI=1S/C12H24N2O/c1-11(2)10-12(15)13(3)8-9-14-6-4-5-7-14/h11H,4-10H2,1-3H3. The van der Waals surface area contributed by atoms with Gasteiger partial charge in [0.15, 0.2) is 0 Å². The molecule has 1 saturated heterocycles. The number of hydrogen-bond acceptors (Lipinski definition) is 2. The number of carbonyl (C=O) groups is 1. The zero-order valence-corrected chi connectivity index (χ0v) is 10.3. The molecule has 0 aromatic carbocycles. The Morgan fingerprint density at radius 2 is 1.93 bits per heavy atom. The van der Waals surface area contributed by atoms with E-state index in [4.69, 9.17) is 0 Å². The first kappa shape index (κ1) is 12.5. The maximum Gasteiger partial charge on any atom is 0.222 e. The van der Waals surface area contributed by atoms with E-state index < -0.39 is 0 Å². The van der Waals surface area contributed by atoms with Crippen molar-refractivity contribution in [3.05, 3.63) is 0 Å². The predicted molar refractivity (Wildman–Crippen MR) is 62.8 cm³/mol. The second-order valence-electron chi connectivity index (χ2n) is 4.96. The van der Waals surface area contributed by atoms with E-state index in [0.29, 0.717) is 12.3 Å². The average Bonchev–Trinajstić information content (AvgIpc) is 2.65. The Hall–Kier alpha value is -0.570. The van der Waals surface area contributed by atoms with E-state index in [1.807, 2.05) is 11.9 Å². The topological polar surface area (TPSA) is 23.6 Å². The zero-order chi connectivity index (χ0) is 11.3. The molecule has 3 nitrogen and oxygen atoms in total. The van der Waals surface area contributed by atoms with Gasteiger partial charge in [-0.25, -0.2) is 0 Å². The van der Waals surface area contributed by atoms with Gasteiger partial charge in [0, 0.05) is 26.6 Å². The van der Waals surface area contributed by atoms with Crippen LogP contribution in [0.2, 0.25) is 0 Å². The lowest BCUT2D eigenvalue weighted by atomic mass is 10.1. The minimum absolute atomic E-state index is 0.282. The summed E-state index contributed by atoms with van der Waals surface area (Å²) in [5.74, 6) is 0.746. The molecular formula is C12H24N2O. The van der Waals surface area contributed by atoms with Gasteiger partial charge in [0.2, 0.25) is 5.91 Å². The minimum atomic E-state index is 0.282. The van der Waals surface area contributed by atoms with E-state index in [2.05, 4.69) is 18.7 Å². The summed E-state index contributed by atoms with van der Waals surface area (Å²) in [6, 6.07) is 0. The van der Waals surface area contributed by atoms with Crippen molar-refractivity contribution >= 4 is 5.91 Å². The first-order valence-electron chi connectivity index (χ1n) is 6.06. The van der Waals surface area contributed by atoms with Gasteiger partial charge < -0.3 is 9.80 Å². The third-order valence-electron chi connectivity index (χ3n) is 2.96. The van der Waals surface area contributed by atoms with Crippen molar-refractivity contribution in [2.75, 3.05) is 33.2 Å². The van der Waals surface area contributed by atoms with Crippen molar-refractivity contribution in [3.63, 3.8) is 0 Å². The van der Waals surface area contributed by atoms with Gasteiger partial charge in [0.25, 0.3) is 0 Å². The van der Waals surface area contributed by atoms with E-state index in [1.54, 1.807) is 0 Å². The van der Waals surface area contributed by atoms with Crippen molar-refractivity contribution in [2.45, 2.75) is 33.1 Å². The second kappa shape index (κ2) is 6.11. The highest BCUT2D eigenvalue weighted by molar-refractivity contribution is 5.76. The highest BCUT2D eigenvalue weighted by atomic mass is 16.2. The van der Waals surface area contributed by atoms with Gasteiger partial charge in [-0.05, 0) is 31.8 Å². The molecule has 1 aliphatic heterocycles. The number of amides is 1. The predicted octanol–water partition coefficient (Wildman–Crippen LogP) is 1.59. The van der Waals surface area contributed by atoms with Gasteiger partial charge in [-0.1, -0.05) is 13.8 Å². The van der Waals surface area contributed by atoms with E-state index in [-0.39, 0.29) is 5.91 Å². The van der Waals surface area contributed by atoms with Gasteiger partial charge in [0.05, 0.1) is 0 Å². The van der Waals surface area contributed by atoms with Crippen LogP contribution in [0.25, 0.3) is 0 Å². The van der Waals surface area contributed by atoms with Gasteiger partial charge in [0.1, 0.15) is 0 Å². The molecule has 1 aliphatic rings. The van der Waals surface area contributed by atoms with Crippen LogP contribution in [0.1, 0.15) is 33.1 Å². The summed E-state index contributed by atoms with van der Waals surface area (Å²) in [6.45, 7) is 8.53. The highest BCUT2D eigenvalue weighted by Gasteiger charge is 2.14. The molecule has 3 heteroatoms. The van der Waals surface area contributed by atoms with Crippen molar-refractivity contribution < 1.29 is 4.79 Å². The van der Waals surface area contributed by atoms with Gasteiger partial charge in [-0.15, -0.1) is 0 Å². The maximum atomic E-state index is 11.7. The molecule has 0 atom stereocenters. The molecule has 0 bridgehead atoms. The zero-order valence-electron chi connectivity index (χ0n) is 10.3. The Morgan fingerprint density at radius 1 is 1.33 bits per heavy atom. The Kier molecular flexibility index (Phi) is 5.09. The van der Waals surface area contributed by atoms with Crippen LogP contribution in [0.15, 0.2) is 0 Å². The molecule has 0 aromatic heterocycles. The maximum absolute atomic E-state index is 11.7. The van der Waals surface area contributed by atoms with Crippen molar-refractivity contribution in [2.24, 2.45) is 5.92 Å². The van der Waals surface area contributed by atoms with Crippen LogP contribution < -0.4 is 0 Å². The van der Waals surface area contributed by atoms with Crippen molar-refractivity contribution in [1.82, 2.24) is 9.80 Å². The monoisotopic (exact) mass is 212 g/mol. The Morgan fingerprint density at radius 3 is 2.47 bits per heavy atom. The van der Waals surface area contributed by atoms with E-state index in [1.165, 1.54) is 25.9 Å². The van der Waals surface area contributed by atoms with Crippen LogP contribution in [0, 0.1) is 5.92 Å². The largest absolute Gasteiger partial charge is 0.344 e. The Labute approximate surface area is 93.4 Å². The summed E-state index contributed by atoms with van der Waals surface area (Å²) in [6.07, 6.45) is 3.32. The number of hydrogen-bond donors (Lipinski definition) is 0. The fraction of sp³-hybridized carbons (Fsp3) is 0.917. The fourth-order valence-electron chi connectivity index (χ4n) is 1.93. The van der Waals surface area contributed by atoms with E-state index >= 15 is 0 Å². The number of rotatable bonds is 5. The Bertz CT molecular complexity index is 198. The molecule has 1 rings (SSSR count). The summed E-state index contributed by atoms with van der Waals surface area (Å²) < 4.78 is 0. The normalized spacial score (nSPS) is 17.3. The third-order valence-corrected chi connectivity index (χ3v) is 2.96. The number of likely N-dealkylation sites (N-methyl/N-ethyl adjacent to an activating group) is 1. The molecule has 0 radical (unpaired) electrons. The summed E-state index contributed by atoms with van der Waals surface area (Å²) in [4.78, 5) is 16.0. The molecule has 0 N–H and O–H groups in total. The fourth-order valence-corrected chi connectivity index (χ4v) is 1.93. The van der Waals surface area contributed by atoms with Crippen molar-refractivity contribution in [1.29, 1.82) is 0 Å². The Balaban J connectivity index is 2.16. The number of nitrogens with zero attached hydrogens (tertiary/aromatic N) is 2. The lowest BCUT2D eigenvalue weighted by Gasteiger charge is -2.22. The van der Waals surface area contributed by atoms with Crippen LogP contribution in [-0.4, -0.2) is 48.9 Å². The van der Waals surface area contributed by atoms with E-state index in [0.717, 1.165) is 13.1 Å². The SMILES string of the molecule is CC(C)CC(=O)N(C)CCN1CCCC1. The summed E-state index contributed by atoms with van der Waals surface area (Å²) in [5.41, 5.74) is 0. The molecular weight excluding hydrogens is 188 g/mol. The van der Waals surface area contributed by atoms with Crippen LogP contribution in [0.3, 0.4) is 0 Å². The first-order valence-corrected chi connectivity index (χ1v) is 6.06. The van der Waals surface area contributed by atoms with Gasteiger partial charge in [-0.3, -0.25) is 4.79 Å². The molecule has 0 spiro atoms. The van der Waals surface area contributed by atoms with Crippen LogP contribution >= 0.6 is 0 Å². The highest BCUT2D eigenvalue weighted by Crippen LogP contribution is 2.07. The molecule has 1 fully saturated rings. The molecule has 0 unspecified atom stereocenters. The molecule has 1 amide bonds. The summed E-state index contributed by atoms with van der Waals surface area (Å²) in [7, 11) is 1.92. The lowest BCUT2D eigenvalue weighted by molar-refractivity contribution is -0.130. The van der Waals surface area contributed by atoms with Gasteiger partial charge >= 0.3 is 0 Å². The molecule has 15 heavy (non-hydrogen) atoms. The molecule has 1 heterocycles.